The maximum absolute atomic E-state index is 9.97. The summed E-state index contributed by atoms with van der Waals surface area (Å²) >= 11 is 0. The number of hydrogen-bond acceptors (Lipinski definition) is 1. The highest BCUT2D eigenvalue weighted by atomic mass is 16.3. The maximum Gasteiger partial charge on any atom is 0.119 e. The minimum atomic E-state index is 0.389. The van der Waals surface area contributed by atoms with E-state index >= 15 is 0 Å². The molecule has 0 bridgehead atoms. The summed E-state index contributed by atoms with van der Waals surface area (Å²) in [4.78, 5) is 0. The van der Waals surface area contributed by atoms with Gasteiger partial charge in [0.15, 0.2) is 0 Å². The van der Waals surface area contributed by atoms with E-state index in [0.717, 1.165) is 82.6 Å². The third-order valence-corrected chi connectivity index (χ3v) is 11.0. The lowest BCUT2D eigenvalue weighted by molar-refractivity contribution is 0.469. The molecule has 0 aliphatic rings. The molecule has 0 saturated heterocycles. The van der Waals surface area contributed by atoms with E-state index < -0.39 is 0 Å². The summed E-state index contributed by atoms with van der Waals surface area (Å²) in [7, 11) is 0. The van der Waals surface area contributed by atoms with Gasteiger partial charge in [0.1, 0.15) is 5.75 Å². The number of phenolic OH excluding ortho intramolecular Hbond substituents is 1. The summed E-state index contributed by atoms with van der Waals surface area (Å²) in [6.45, 7) is 24.9. The molecule has 1 rings (SSSR count). The van der Waals surface area contributed by atoms with Crippen LogP contribution in [-0.4, -0.2) is 5.11 Å². The second-order valence-corrected chi connectivity index (χ2v) is 17.4. The first-order chi connectivity index (χ1) is 27.2. The minimum absolute atomic E-state index is 0.389. The van der Waals surface area contributed by atoms with Crippen LogP contribution in [0, 0.1) is 0 Å². The zero-order valence-electron chi connectivity index (χ0n) is 39.0. The van der Waals surface area contributed by atoms with Crippen LogP contribution in [0.1, 0.15) is 197 Å². The van der Waals surface area contributed by atoms with Gasteiger partial charge < -0.3 is 5.11 Å². The van der Waals surface area contributed by atoms with Gasteiger partial charge in [-0.15, -0.1) is 0 Å². The van der Waals surface area contributed by atoms with E-state index in [2.05, 4.69) is 137 Å². The monoisotopic (exact) mass is 775 g/mol. The zero-order valence-corrected chi connectivity index (χ0v) is 39.0. The van der Waals surface area contributed by atoms with Crippen molar-refractivity contribution in [2.24, 2.45) is 0 Å². The number of phenols is 1. The standard InChI is InChI=1S/C56H86O/c1-45(2)23-14-24-46(3)25-15-26-47(4)27-16-28-48(5)29-17-30-49(6)31-18-32-50(7)33-19-34-51(8)35-20-36-52(9)37-21-38-53(10)39-22-40-54(11)43-44-55-41-12-13-42-56(55)57/h12-13,23,25,27,29,31,33,35,37,39,41-43,57H,14-22,24,26,28,30,32,34,36,38,40,44H2,1-11H3. The lowest BCUT2D eigenvalue weighted by Crippen LogP contribution is -1.85. The molecule has 0 fully saturated rings. The van der Waals surface area contributed by atoms with E-state index in [0.29, 0.717) is 5.75 Å². The molecular weight excluding hydrogens is 689 g/mol. The molecule has 0 unspecified atom stereocenters. The molecular formula is C56H86O. The molecule has 0 aromatic heterocycles. The van der Waals surface area contributed by atoms with Crippen molar-refractivity contribution in [3.8, 4) is 5.75 Å². The second-order valence-electron chi connectivity index (χ2n) is 17.4. The Morgan fingerprint density at radius 1 is 0.333 bits per heavy atom. The van der Waals surface area contributed by atoms with Crippen molar-refractivity contribution < 1.29 is 5.11 Å². The Morgan fingerprint density at radius 2 is 0.561 bits per heavy atom. The van der Waals surface area contributed by atoms with E-state index in [-0.39, 0.29) is 0 Å². The predicted molar refractivity (Wildman–Crippen MR) is 258 cm³/mol. The van der Waals surface area contributed by atoms with E-state index in [4.69, 9.17) is 0 Å². The van der Waals surface area contributed by atoms with Crippen molar-refractivity contribution in [3.05, 3.63) is 146 Å². The van der Waals surface area contributed by atoms with Gasteiger partial charge in [-0.3, -0.25) is 0 Å². The van der Waals surface area contributed by atoms with Gasteiger partial charge in [0, 0.05) is 0 Å². The van der Waals surface area contributed by atoms with E-state index in [9.17, 15) is 5.11 Å². The van der Waals surface area contributed by atoms with Gasteiger partial charge >= 0.3 is 0 Å². The molecule has 1 nitrogen and oxygen atoms in total. The van der Waals surface area contributed by atoms with Gasteiger partial charge in [0.2, 0.25) is 0 Å². The zero-order chi connectivity index (χ0) is 42.3. The summed E-state index contributed by atoms with van der Waals surface area (Å²) in [5.41, 5.74) is 15.9. The third kappa shape index (κ3) is 30.2. The topological polar surface area (TPSA) is 20.2 Å². The minimum Gasteiger partial charge on any atom is -0.508 e. The normalized spacial score (nSPS) is 14.5. The highest BCUT2D eigenvalue weighted by Crippen LogP contribution is 2.20. The second kappa shape index (κ2) is 32.4. The Kier molecular flexibility index (Phi) is 29.2. The number of allylic oxidation sites excluding steroid dienone is 20. The average Bonchev–Trinajstić information content (AvgIpc) is 3.14. The first-order valence-electron chi connectivity index (χ1n) is 22.6. The quantitative estimate of drug-likeness (QED) is 0.0804. The van der Waals surface area contributed by atoms with Crippen LogP contribution in [0.4, 0.5) is 0 Å². The predicted octanol–water partition coefficient (Wildman–Crippen LogP) is 18.4. The Balaban J connectivity index is 2.23. The van der Waals surface area contributed by atoms with Crippen LogP contribution >= 0.6 is 0 Å². The molecule has 1 aromatic carbocycles. The Morgan fingerprint density at radius 3 is 0.807 bits per heavy atom. The van der Waals surface area contributed by atoms with Crippen LogP contribution in [0.25, 0.3) is 0 Å². The van der Waals surface area contributed by atoms with Crippen LogP contribution in [0.3, 0.4) is 0 Å². The van der Waals surface area contributed by atoms with E-state index in [1.54, 1.807) is 6.07 Å². The van der Waals surface area contributed by atoms with Crippen molar-refractivity contribution in [1.29, 1.82) is 0 Å². The highest BCUT2D eigenvalue weighted by molar-refractivity contribution is 5.33. The molecule has 316 valence electrons. The van der Waals surface area contributed by atoms with Crippen LogP contribution in [0.5, 0.6) is 5.75 Å². The fourth-order valence-corrected chi connectivity index (χ4v) is 6.84. The number of rotatable bonds is 29. The van der Waals surface area contributed by atoms with Crippen molar-refractivity contribution in [2.45, 2.75) is 198 Å². The van der Waals surface area contributed by atoms with Crippen LogP contribution in [0.2, 0.25) is 0 Å². The van der Waals surface area contributed by atoms with Gasteiger partial charge in [-0.25, -0.2) is 0 Å². The van der Waals surface area contributed by atoms with Gasteiger partial charge in [-0.1, -0.05) is 135 Å². The first-order valence-corrected chi connectivity index (χ1v) is 22.6. The van der Waals surface area contributed by atoms with Crippen molar-refractivity contribution in [2.75, 3.05) is 0 Å². The molecule has 0 radical (unpaired) electrons. The Hall–Kier alpha value is -3.58. The molecule has 0 atom stereocenters. The maximum atomic E-state index is 9.97. The SMILES string of the molecule is CC(C)=CCCC(C)=CCCC(C)=CCCC(C)=CCCC(C)=CCCC(C)=CCCC(C)=CCCC(C)=CCCC(C)=CCCC(C)=CCc1ccccc1O. The number of benzene rings is 1. The van der Waals surface area contributed by atoms with Crippen LogP contribution in [-0.2, 0) is 6.42 Å². The number of hydrogen-bond donors (Lipinski definition) is 1. The molecule has 0 spiro atoms. The Bertz CT molecular complexity index is 1600. The molecule has 0 amide bonds. The summed E-state index contributed by atoms with van der Waals surface area (Å²) in [5, 5.41) is 9.97. The summed E-state index contributed by atoms with van der Waals surface area (Å²) < 4.78 is 0. The first kappa shape index (κ1) is 51.4. The van der Waals surface area contributed by atoms with Crippen molar-refractivity contribution in [3.63, 3.8) is 0 Å². The molecule has 1 N–H and O–H groups in total. The average molecular weight is 775 g/mol. The molecule has 0 heterocycles. The summed E-state index contributed by atoms with van der Waals surface area (Å²) in [5.74, 6) is 0.389. The van der Waals surface area contributed by atoms with Crippen molar-refractivity contribution in [1.82, 2.24) is 0 Å². The Labute approximate surface area is 354 Å². The summed E-state index contributed by atoms with van der Waals surface area (Å²) in [6, 6.07) is 7.62. The van der Waals surface area contributed by atoms with Gasteiger partial charge in [-0.05, 0) is 210 Å². The smallest absolute Gasteiger partial charge is 0.119 e. The lowest BCUT2D eigenvalue weighted by atomic mass is 10.0. The van der Waals surface area contributed by atoms with Gasteiger partial charge in [0.05, 0.1) is 0 Å². The fraction of sp³-hybridized carbons (Fsp3) is 0.536. The highest BCUT2D eigenvalue weighted by Gasteiger charge is 2.00. The van der Waals surface area contributed by atoms with Crippen molar-refractivity contribution >= 4 is 0 Å². The van der Waals surface area contributed by atoms with E-state index in [1.165, 1.54) is 101 Å². The molecule has 1 heteroatoms. The fourth-order valence-electron chi connectivity index (χ4n) is 6.84. The number of para-hydroxylation sites is 1. The molecule has 0 aliphatic carbocycles. The molecule has 0 saturated carbocycles. The van der Waals surface area contributed by atoms with Crippen LogP contribution < -0.4 is 0 Å². The largest absolute Gasteiger partial charge is 0.508 e. The molecule has 57 heavy (non-hydrogen) atoms. The summed E-state index contributed by atoms with van der Waals surface area (Å²) in [6.07, 6.45) is 45.7. The third-order valence-electron chi connectivity index (χ3n) is 11.0. The van der Waals surface area contributed by atoms with Gasteiger partial charge in [0.25, 0.3) is 0 Å². The van der Waals surface area contributed by atoms with E-state index in [1.807, 2.05) is 18.2 Å². The number of aromatic hydroxyl groups is 1. The molecule has 0 aliphatic heterocycles. The van der Waals surface area contributed by atoms with Gasteiger partial charge in [-0.2, -0.15) is 0 Å². The lowest BCUT2D eigenvalue weighted by Gasteiger charge is -2.04. The van der Waals surface area contributed by atoms with Crippen LogP contribution in [0.15, 0.2) is 141 Å². The molecule has 1 aromatic rings.